The summed E-state index contributed by atoms with van der Waals surface area (Å²) in [4.78, 5) is 82.8. The van der Waals surface area contributed by atoms with Crippen LogP contribution in [0.5, 0.6) is 0 Å². The van der Waals surface area contributed by atoms with Crippen LogP contribution in [-0.4, -0.2) is 138 Å². The van der Waals surface area contributed by atoms with Gasteiger partial charge in [0.05, 0.1) is 19.3 Å². The van der Waals surface area contributed by atoms with Crippen molar-refractivity contribution < 1.29 is 104 Å². The third-order valence-electron chi connectivity index (χ3n) is 7.82. The third-order valence-corrected chi connectivity index (χ3v) is 15.1. The lowest BCUT2D eigenvalue weighted by atomic mass is 10.1. The molecule has 14 N–H and O–H groups in total. The number of aromatic nitrogens is 8. The van der Waals surface area contributed by atoms with Gasteiger partial charge >= 0.3 is 38.9 Å². The van der Waals surface area contributed by atoms with Crippen LogP contribution in [0.25, 0.3) is 22.3 Å². The van der Waals surface area contributed by atoms with E-state index in [0.29, 0.717) is 0 Å². The number of nitrogens with zero attached hydrogens (tertiary/aromatic N) is 8. The topological polar surface area (TPSA) is 492 Å². The summed E-state index contributed by atoms with van der Waals surface area (Å²) in [7, 11) is -31.3. The Morgan fingerprint density at radius 1 is 0.649 bits per heavy atom. The number of nitrogen functional groups attached to an aromatic ring is 2. The molecule has 37 heteroatoms. The monoisotopic (exact) mass is 916 g/mol. The van der Waals surface area contributed by atoms with E-state index in [1.165, 1.54) is 0 Å². The van der Waals surface area contributed by atoms with Crippen LogP contribution in [-0.2, 0) is 54.3 Å². The highest BCUT2D eigenvalue weighted by atomic mass is 31.3. The van der Waals surface area contributed by atoms with E-state index in [-0.39, 0.29) is 34.0 Å². The Labute approximate surface area is 314 Å². The van der Waals surface area contributed by atoms with Gasteiger partial charge in [-0.05, 0) is 0 Å². The van der Waals surface area contributed by atoms with Crippen molar-refractivity contribution in [3.8, 4) is 0 Å². The molecule has 13 atom stereocenters. The molecule has 0 radical (unpaired) electrons. The number of nitrogens with two attached hydrogens (primary N) is 2. The molecule has 0 spiro atoms. The molecule has 0 amide bonds. The fourth-order valence-electron chi connectivity index (χ4n) is 5.48. The van der Waals surface area contributed by atoms with E-state index < -0.39 is 100 Å². The van der Waals surface area contributed by atoms with E-state index in [2.05, 4.69) is 51.9 Å². The zero-order valence-electron chi connectivity index (χ0n) is 27.6. The molecule has 57 heavy (non-hydrogen) atoms. The lowest BCUT2D eigenvalue weighted by Gasteiger charge is -2.29. The number of anilines is 2. The molecule has 316 valence electrons. The van der Waals surface area contributed by atoms with E-state index in [0.717, 1.165) is 34.4 Å². The van der Waals surface area contributed by atoms with E-state index in [1.54, 1.807) is 0 Å². The van der Waals surface area contributed by atoms with Crippen molar-refractivity contribution in [3.63, 3.8) is 0 Å². The summed E-state index contributed by atoms with van der Waals surface area (Å²) >= 11 is 0. The van der Waals surface area contributed by atoms with Crippen LogP contribution in [0.3, 0.4) is 0 Å². The first-order valence-electron chi connectivity index (χ1n) is 15.0. The number of hydrogen-bond donors (Lipinski definition) is 12. The predicted octanol–water partition coefficient (Wildman–Crippen LogP) is -2.94. The zero-order valence-corrected chi connectivity index (χ0v) is 32.0. The molecule has 4 aromatic heterocycles. The van der Waals surface area contributed by atoms with Crippen LogP contribution in [0.15, 0.2) is 25.3 Å². The van der Waals surface area contributed by atoms with Gasteiger partial charge in [0.1, 0.15) is 60.3 Å². The van der Waals surface area contributed by atoms with Crippen LogP contribution >= 0.6 is 38.9 Å². The Kier molecular flexibility index (Phi) is 12.0. The molecular weight excluding hydrogens is 887 g/mol. The van der Waals surface area contributed by atoms with Crippen molar-refractivity contribution in [1.82, 2.24) is 39.0 Å². The summed E-state index contributed by atoms with van der Waals surface area (Å²) in [5, 5.41) is 42.4. The number of rotatable bonds is 15. The summed E-state index contributed by atoms with van der Waals surface area (Å²) in [6.45, 7) is -1.20. The van der Waals surface area contributed by atoms with Gasteiger partial charge in [0, 0.05) is 0 Å². The minimum absolute atomic E-state index is 0.0379. The van der Waals surface area contributed by atoms with Gasteiger partial charge in [-0.25, -0.2) is 52.5 Å². The molecule has 0 bridgehead atoms. The second-order valence-corrected chi connectivity index (χ2v) is 19.5. The first-order chi connectivity index (χ1) is 26.3. The smallest absolute Gasteiger partial charge is 0.387 e. The van der Waals surface area contributed by atoms with Gasteiger partial charge in [-0.2, -0.15) is 8.62 Å². The van der Waals surface area contributed by atoms with Crippen LogP contribution in [0.2, 0.25) is 0 Å². The lowest BCUT2D eigenvalue weighted by molar-refractivity contribution is -0.0649. The molecule has 32 nitrogen and oxygen atoms in total. The van der Waals surface area contributed by atoms with Gasteiger partial charge in [0.15, 0.2) is 41.2 Å². The summed E-state index contributed by atoms with van der Waals surface area (Å²) in [5.41, 5.74) is 11.3. The van der Waals surface area contributed by atoms with Gasteiger partial charge < -0.3 is 70.7 Å². The van der Waals surface area contributed by atoms with Crippen molar-refractivity contribution >= 4 is 72.9 Å². The van der Waals surface area contributed by atoms with Gasteiger partial charge in [0.25, 0.3) is 0 Å². The highest BCUT2D eigenvalue weighted by Crippen LogP contribution is 2.73. The molecule has 4 aromatic rings. The quantitative estimate of drug-likeness (QED) is 0.0531. The minimum Gasteiger partial charge on any atom is -0.387 e. The molecular formula is C20H29N10O22P5. The minimum atomic E-state index is -6.58. The maximum absolute atomic E-state index is 13.3. The highest BCUT2D eigenvalue weighted by molar-refractivity contribution is 7.70. The molecule has 2 aliphatic heterocycles. The first-order valence-corrected chi connectivity index (χ1v) is 22.7. The van der Waals surface area contributed by atoms with Crippen molar-refractivity contribution in [2.24, 2.45) is 0 Å². The summed E-state index contributed by atoms with van der Waals surface area (Å²) in [6, 6.07) is 0. The normalized spacial score (nSPS) is 30.5. The second-order valence-electron chi connectivity index (χ2n) is 11.7. The van der Waals surface area contributed by atoms with Gasteiger partial charge in [0.2, 0.25) is 0 Å². The Bertz CT molecular complexity index is 2400. The van der Waals surface area contributed by atoms with E-state index in [9.17, 15) is 72.6 Å². The molecule has 0 aromatic carbocycles. The molecule has 2 fully saturated rings. The van der Waals surface area contributed by atoms with E-state index >= 15 is 0 Å². The second kappa shape index (κ2) is 15.6. The number of imidazole rings is 2. The van der Waals surface area contributed by atoms with Crippen molar-refractivity contribution in [2.45, 2.75) is 54.9 Å². The molecule has 2 saturated heterocycles. The predicted molar refractivity (Wildman–Crippen MR) is 177 cm³/mol. The lowest BCUT2D eigenvalue weighted by Crippen LogP contribution is -2.39. The SMILES string of the molecule is Nc1ncnc2c1ncn2C1OC(COP(=O)(O)OP(=O)(O)OP(=O)(O)OP(=O)(O)C(OP(=O)(O)O)C2OC(n3cnc4c(N)ncnc43)C(O)C2O)C(O)C1O. The molecule has 6 rings (SSSR count). The summed E-state index contributed by atoms with van der Waals surface area (Å²) < 4.78 is 96.1. The fraction of sp³-hybridized carbons (Fsp3) is 0.500. The summed E-state index contributed by atoms with van der Waals surface area (Å²) in [5.74, 6) is -3.43. The van der Waals surface area contributed by atoms with Crippen LogP contribution in [0.1, 0.15) is 12.5 Å². The largest absolute Gasteiger partial charge is 0.490 e. The zero-order chi connectivity index (χ0) is 42.0. The number of fused-ring (bicyclic) bond motifs is 2. The van der Waals surface area contributed by atoms with Crippen LogP contribution < -0.4 is 11.5 Å². The Morgan fingerprint density at radius 3 is 1.65 bits per heavy atom. The van der Waals surface area contributed by atoms with Crippen molar-refractivity contribution in [2.75, 3.05) is 18.1 Å². The van der Waals surface area contributed by atoms with Gasteiger partial charge in [-0.1, -0.05) is 0 Å². The highest BCUT2D eigenvalue weighted by Gasteiger charge is 2.58. The average molecular weight is 916 g/mol. The number of aliphatic hydroxyl groups is 4. The number of phosphoric acid groups is 4. The fourth-order valence-corrected chi connectivity index (χ4v) is 12.3. The van der Waals surface area contributed by atoms with Gasteiger partial charge in [-0.15, -0.1) is 0 Å². The van der Waals surface area contributed by atoms with Crippen LogP contribution in [0, 0.1) is 0 Å². The average Bonchev–Trinajstić information content (AvgIpc) is 3.83. The molecule has 13 unspecified atom stereocenters. The Hall–Kier alpha value is -2.83. The number of ether oxygens (including phenoxy) is 2. The molecule has 0 aliphatic carbocycles. The maximum atomic E-state index is 13.3. The van der Waals surface area contributed by atoms with Gasteiger partial charge in [-0.3, -0.25) is 22.7 Å². The Morgan fingerprint density at radius 2 is 1.12 bits per heavy atom. The van der Waals surface area contributed by atoms with E-state index in [1.807, 2.05) is 0 Å². The van der Waals surface area contributed by atoms with Crippen molar-refractivity contribution in [3.05, 3.63) is 25.3 Å². The van der Waals surface area contributed by atoms with E-state index in [4.69, 9.17) is 20.9 Å². The third kappa shape index (κ3) is 9.33. The standard InChI is InChI=1S/C20H29N10O22P5/c21-14-7-16(25-2-23-14)29(4-27-7)18-11(33)9(31)6(47-18)1-46-55(40,41)51-57(44,45)52-56(42,43)50-53(35,36)20(49-54(37,38)39)13-10(32)12(34)19(48-13)30-5-28-8-15(22)24-3-26-17(8)30/h2-6,9-13,18-20,31-34H,1H2,(H,35,36)(H,40,41)(H,42,43)(H,44,45)(H2,21,23,25)(H2,22,24,26)(H2,37,38,39). The number of phosphoric ester groups is 2. The number of hydrogen-bond acceptors (Lipinski definition) is 24. The molecule has 0 saturated carbocycles. The van der Waals surface area contributed by atoms with Crippen LogP contribution in [0.4, 0.5) is 11.6 Å². The Balaban J connectivity index is 1.12. The number of aliphatic hydroxyl groups excluding tert-OH is 4. The first kappa shape index (κ1) is 43.7. The molecule has 2 aliphatic rings. The summed E-state index contributed by atoms with van der Waals surface area (Å²) in [6.07, 6.45) is -11.7. The maximum Gasteiger partial charge on any atom is 0.490 e. The van der Waals surface area contributed by atoms with Crippen molar-refractivity contribution in [1.29, 1.82) is 0 Å². The molecule has 6 heterocycles.